The molecule has 2 fully saturated rings. The molecule has 2 rings (SSSR count). The van der Waals surface area contributed by atoms with E-state index in [1.54, 1.807) is 0 Å². The summed E-state index contributed by atoms with van der Waals surface area (Å²) < 4.78 is 6.07. The van der Waals surface area contributed by atoms with Crippen LogP contribution in [0.2, 0.25) is 0 Å². The summed E-state index contributed by atoms with van der Waals surface area (Å²) in [6.07, 6.45) is 22.0. The van der Waals surface area contributed by atoms with Gasteiger partial charge in [0.1, 0.15) is 0 Å². The predicted molar refractivity (Wildman–Crippen MR) is 96.1 cm³/mol. The maximum absolute atomic E-state index is 6.07. The van der Waals surface area contributed by atoms with Crippen molar-refractivity contribution in [2.45, 2.75) is 97.0 Å². The third kappa shape index (κ3) is 6.44. The molecular weight excluding hydrogens is 268 g/mol. The van der Waals surface area contributed by atoms with Crippen molar-refractivity contribution in [1.29, 1.82) is 0 Å². The van der Waals surface area contributed by atoms with Crippen LogP contribution in [0.4, 0.5) is 0 Å². The number of hydrogen-bond acceptors (Lipinski definition) is 1. The SMILES string of the molecule is CCC[C@H]1CC[C@H](/C=C/CO[C@H]2CC[C@H](CCC)CC2)CC1. The van der Waals surface area contributed by atoms with Gasteiger partial charge >= 0.3 is 0 Å². The summed E-state index contributed by atoms with van der Waals surface area (Å²) in [5.41, 5.74) is 0. The highest BCUT2D eigenvalue weighted by atomic mass is 16.5. The molecule has 0 saturated heterocycles. The van der Waals surface area contributed by atoms with E-state index in [0.717, 1.165) is 24.4 Å². The van der Waals surface area contributed by atoms with E-state index >= 15 is 0 Å². The van der Waals surface area contributed by atoms with Crippen molar-refractivity contribution >= 4 is 0 Å². The van der Waals surface area contributed by atoms with E-state index in [2.05, 4.69) is 26.0 Å². The summed E-state index contributed by atoms with van der Waals surface area (Å²) in [6, 6.07) is 0. The zero-order valence-corrected chi connectivity index (χ0v) is 15.1. The zero-order chi connectivity index (χ0) is 15.6. The van der Waals surface area contributed by atoms with Gasteiger partial charge in [-0.2, -0.15) is 0 Å². The molecule has 22 heavy (non-hydrogen) atoms. The Kier molecular flexibility index (Phi) is 8.59. The lowest BCUT2D eigenvalue weighted by molar-refractivity contribution is 0.0333. The van der Waals surface area contributed by atoms with Crippen LogP contribution < -0.4 is 0 Å². The van der Waals surface area contributed by atoms with Gasteiger partial charge in [0.2, 0.25) is 0 Å². The van der Waals surface area contributed by atoms with Crippen LogP contribution in [0.25, 0.3) is 0 Å². The lowest BCUT2D eigenvalue weighted by atomic mass is 9.80. The topological polar surface area (TPSA) is 9.23 Å². The van der Waals surface area contributed by atoms with E-state index in [0.29, 0.717) is 6.10 Å². The molecule has 2 aliphatic carbocycles. The quantitative estimate of drug-likeness (QED) is 0.463. The molecule has 0 amide bonds. The van der Waals surface area contributed by atoms with Crippen molar-refractivity contribution in [2.24, 2.45) is 17.8 Å². The monoisotopic (exact) mass is 306 g/mol. The van der Waals surface area contributed by atoms with Crippen molar-refractivity contribution in [3.8, 4) is 0 Å². The first-order valence-electron chi connectivity index (χ1n) is 10.1. The van der Waals surface area contributed by atoms with Crippen molar-refractivity contribution in [3.05, 3.63) is 12.2 Å². The average Bonchev–Trinajstić information content (AvgIpc) is 2.55. The van der Waals surface area contributed by atoms with Crippen LogP contribution >= 0.6 is 0 Å². The predicted octanol–water partition coefficient (Wildman–Crippen LogP) is 6.52. The van der Waals surface area contributed by atoms with Gasteiger partial charge in [0.05, 0.1) is 12.7 Å². The fourth-order valence-corrected chi connectivity index (χ4v) is 4.51. The molecule has 0 N–H and O–H groups in total. The maximum atomic E-state index is 6.07. The van der Waals surface area contributed by atoms with Crippen LogP contribution in [0.15, 0.2) is 12.2 Å². The van der Waals surface area contributed by atoms with E-state index < -0.39 is 0 Å². The Balaban J connectivity index is 1.54. The molecule has 0 radical (unpaired) electrons. The lowest BCUT2D eigenvalue weighted by Crippen LogP contribution is -2.21. The highest BCUT2D eigenvalue weighted by Gasteiger charge is 2.21. The Bertz CT molecular complexity index is 293. The van der Waals surface area contributed by atoms with Crippen LogP contribution in [0.3, 0.4) is 0 Å². The number of allylic oxidation sites excluding steroid dienone is 1. The molecular formula is C21H38O. The third-order valence-electron chi connectivity index (χ3n) is 5.92. The Morgan fingerprint density at radius 2 is 1.32 bits per heavy atom. The first-order valence-corrected chi connectivity index (χ1v) is 10.1. The average molecular weight is 307 g/mol. The van der Waals surface area contributed by atoms with Crippen LogP contribution in [0, 0.1) is 17.8 Å². The number of hydrogen-bond donors (Lipinski definition) is 0. The molecule has 0 bridgehead atoms. The van der Waals surface area contributed by atoms with Gasteiger partial charge in [0.15, 0.2) is 0 Å². The fraction of sp³-hybridized carbons (Fsp3) is 0.905. The molecule has 1 heteroatoms. The first kappa shape index (κ1) is 18.0. The normalized spacial score (nSPS) is 33.4. The molecule has 128 valence electrons. The van der Waals surface area contributed by atoms with Gasteiger partial charge in [0.25, 0.3) is 0 Å². The minimum atomic E-state index is 0.540. The molecule has 0 heterocycles. The standard InChI is InChI=1S/C21H38O/c1-3-6-18-9-11-20(12-10-18)8-5-17-22-21-15-13-19(7-4-2)14-16-21/h5,8,18-21H,3-4,6-7,9-17H2,1-2H3/b8-5+/t18-,19-,20-,21-. The first-order chi connectivity index (χ1) is 10.8. The van der Waals surface area contributed by atoms with Crippen molar-refractivity contribution in [1.82, 2.24) is 0 Å². The zero-order valence-electron chi connectivity index (χ0n) is 15.1. The summed E-state index contributed by atoms with van der Waals surface area (Å²) in [4.78, 5) is 0. The Labute approximate surface area is 138 Å². The Morgan fingerprint density at radius 3 is 1.86 bits per heavy atom. The van der Waals surface area contributed by atoms with Crippen molar-refractivity contribution in [2.75, 3.05) is 6.61 Å². The van der Waals surface area contributed by atoms with Gasteiger partial charge in [-0.3, -0.25) is 0 Å². The second-order valence-electron chi connectivity index (χ2n) is 7.76. The molecule has 0 aromatic rings. The van der Waals surface area contributed by atoms with Gasteiger partial charge < -0.3 is 4.74 Å². The van der Waals surface area contributed by atoms with Crippen LogP contribution in [-0.4, -0.2) is 12.7 Å². The summed E-state index contributed by atoms with van der Waals surface area (Å²) >= 11 is 0. The second kappa shape index (κ2) is 10.5. The molecule has 2 aliphatic rings. The molecule has 0 aromatic heterocycles. The summed E-state index contributed by atoms with van der Waals surface area (Å²) in [7, 11) is 0. The van der Waals surface area contributed by atoms with Gasteiger partial charge in [-0.1, -0.05) is 51.7 Å². The largest absolute Gasteiger partial charge is 0.374 e. The van der Waals surface area contributed by atoms with Gasteiger partial charge in [-0.15, -0.1) is 0 Å². The molecule has 0 aromatic carbocycles. The summed E-state index contributed by atoms with van der Waals surface area (Å²) in [5.74, 6) is 2.83. The van der Waals surface area contributed by atoms with Gasteiger partial charge in [0, 0.05) is 0 Å². The van der Waals surface area contributed by atoms with Crippen LogP contribution in [0.1, 0.15) is 90.9 Å². The van der Waals surface area contributed by atoms with E-state index in [9.17, 15) is 0 Å². The molecule has 0 unspecified atom stereocenters. The van der Waals surface area contributed by atoms with Gasteiger partial charge in [-0.25, -0.2) is 0 Å². The smallest absolute Gasteiger partial charge is 0.0651 e. The van der Waals surface area contributed by atoms with Gasteiger partial charge in [-0.05, 0) is 69.1 Å². The van der Waals surface area contributed by atoms with E-state index in [1.165, 1.54) is 77.0 Å². The van der Waals surface area contributed by atoms with Crippen LogP contribution in [-0.2, 0) is 4.74 Å². The van der Waals surface area contributed by atoms with Crippen LogP contribution in [0.5, 0.6) is 0 Å². The van der Waals surface area contributed by atoms with E-state index in [1.807, 2.05) is 0 Å². The van der Waals surface area contributed by atoms with Crippen molar-refractivity contribution in [3.63, 3.8) is 0 Å². The highest BCUT2D eigenvalue weighted by molar-refractivity contribution is 4.91. The molecule has 0 spiro atoms. The Morgan fingerprint density at radius 1 is 0.773 bits per heavy atom. The lowest BCUT2D eigenvalue weighted by Gasteiger charge is -2.28. The highest BCUT2D eigenvalue weighted by Crippen LogP contribution is 2.32. The maximum Gasteiger partial charge on any atom is 0.0651 e. The minimum Gasteiger partial charge on any atom is -0.374 e. The van der Waals surface area contributed by atoms with E-state index in [4.69, 9.17) is 4.74 Å². The molecule has 0 aliphatic heterocycles. The summed E-state index contributed by atoms with van der Waals surface area (Å²) in [5, 5.41) is 0. The van der Waals surface area contributed by atoms with E-state index in [-0.39, 0.29) is 0 Å². The molecule has 2 saturated carbocycles. The minimum absolute atomic E-state index is 0.540. The molecule has 1 nitrogen and oxygen atoms in total. The number of rotatable bonds is 8. The molecule has 0 atom stereocenters. The third-order valence-corrected chi connectivity index (χ3v) is 5.92. The number of ether oxygens (including phenoxy) is 1. The summed E-state index contributed by atoms with van der Waals surface area (Å²) in [6.45, 7) is 5.47. The Hall–Kier alpha value is -0.300. The van der Waals surface area contributed by atoms with Crippen molar-refractivity contribution < 1.29 is 4.74 Å². The fourth-order valence-electron chi connectivity index (χ4n) is 4.51. The second-order valence-corrected chi connectivity index (χ2v) is 7.76.